The second-order valence-electron chi connectivity index (χ2n) is 5.41. The molecule has 5 nitrogen and oxygen atoms in total. The smallest absolute Gasteiger partial charge is 0.233 e. The van der Waals surface area contributed by atoms with Crippen molar-refractivity contribution in [1.82, 2.24) is 10.2 Å². The molecule has 2 aromatic rings. The van der Waals surface area contributed by atoms with E-state index in [9.17, 15) is 4.79 Å². The third-order valence-electron chi connectivity index (χ3n) is 3.69. The number of aromatic nitrogens is 2. The number of hydrogen-bond acceptors (Lipinski definition) is 5. The van der Waals surface area contributed by atoms with Crippen molar-refractivity contribution in [2.75, 3.05) is 11.9 Å². The Morgan fingerprint density at radius 1 is 1.41 bits per heavy atom. The third-order valence-corrected chi connectivity index (χ3v) is 4.59. The molecule has 1 aromatic carbocycles. The molecule has 116 valence electrons. The highest BCUT2D eigenvalue weighted by atomic mass is 32.1. The number of nitrogens with one attached hydrogen (secondary N) is 1. The summed E-state index contributed by atoms with van der Waals surface area (Å²) in [5.74, 6) is 0.648. The van der Waals surface area contributed by atoms with E-state index in [4.69, 9.17) is 4.74 Å². The van der Waals surface area contributed by atoms with Gasteiger partial charge in [-0.25, -0.2) is 0 Å². The minimum absolute atomic E-state index is 0.0484. The highest BCUT2D eigenvalue weighted by molar-refractivity contribution is 7.15. The van der Waals surface area contributed by atoms with Gasteiger partial charge < -0.3 is 10.1 Å². The van der Waals surface area contributed by atoms with E-state index < -0.39 is 0 Å². The molecule has 22 heavy (non-hydrogen) atoms. The van der Waals surface area contributed by atoms with E-state index in [0.29, 0.717) is 18.2 Å². The number of nitrogens with zero attached hydrogens (tertiary/aromatic N) is 2. The second-order valence-corrected chi connectivity index (χ2v) is 6.48. The fraction of sp³-hybridized carbons (Fsp3) is 0.438. The number of aryl methyl sites for hydroxylation is 1. The lowest BCUT2D eigenvalue weighted by atomic mass is 9.96. The molecular formula is C16H19N3O2S. The Labute approximate surface area is 133 Å². The second kappa shape index (κ2) is 6.87. The van der Waals surface area contributed by atoms with Gasteiger partial charge >= 0.3 is 0 Å². The van der Waals surface area contributed by atoms with E-state index in [1.54, 1.807) is 0 Å². The highest BCUT2D eigenvalue weighted by Crippen LogP contribution is 2.27. The molecule has 2 heterocycles. The molecule has 0 fully saturated rings. The minimum Gasteiger partial charge on any atom is -0.492 e. The van der Waals surface area contributed by atoms with Crippen LogP contribution in [0.3, 0.4) is 0 Å². The molecule has 1 aliphatic rings. The molecule has 1 unspecified atom stereocenters. The normalized spacial score (nSPS) is 16.7. The molecule has 0 aliphatic carbocycles. The molecule has 0 saturated carbocycles. The molecule has 0 radical (unpaired) electrons. The standard InChI is InChI=1S/C16H19N3O2S/c1-2-3-8-14-18-19-16(22-14)17-15(20)12-9-11-6-4-5-7-13(11)21-10-12/h4-7,12H,2-3,8-10H2,1H3,(H,17,19,20). The zero-order valence-electron chi connectivity index (χ0n) is 12.5. The summed E-state index contributed by atoms with van der Waals surface area (Å²) in [5.41, 5.74) is 1.08. The SMILES string of the molecule is CCCCc1nnc(NC(=O)C2COc3ccccc3C2)s1. The molecule has 1 aromatic heterocycles. The van der Waals surface area contributed by atoms with Gasteiger partial charge in [-0.3, -0.25) is 4.79 Å². The molecule has 3 rings (SSSR count). The van der Waals surface area contributed by atoms with Crippen LogP contribution in [0.1, 0.15) is 30.3 Å². The first-order chi connectivity index (χ1) is 10.8. The summed E-state index contributed by atoms with van der Waals surface area (Å²) >= 11 is 1.46. The lowest BCUT2D eigenvalue weighted by Crippen LogP contribution is -2.32. The zero-order chi connectivity index (χ0) is 15.4. The number of ether oxygens (including phenoxy) is 1. The van der Waals surface area contributed by atoms with Gasteiger partial charge in [0.05, 0.1) is 5.92 Å². The average Bonchev–Trinajstić information content (AvgIpc) is 2.99. The maximum atomic E-state index is 12.3. The van der Waals surface area contributed by atoms with Gasteiger partial charge in [0, 0.05) is 6.42 Å². The Hall–Kier alpha value is -1.95. The zero-order valence-corrected chi connectivity index (χ0v) is 13.4. The van der Waals surface area contributed by atoms with Crippen LogP contribution < -0.4 is 10.1 Å². The van der Waals surface area contributed by atoms with E-state index in [2.05, 4.69) is 22.4 Å². The molecular weight excluding hydrogens is 298 g/mol. The van der Waals surface area contributed by atoms with Gasteiger partial charge in [-0.05, 0) is 24.5 Å². The summed E-state index contributed by atoms with van der Waals surface area (Å²) in [5, 5.41) is 12.6. The number of unbranched alkanes of at least 4 members (excludes halogenated alkanes) is 1. The van der Waals surface area contributed by atoms with Gasteiger partial charge in [0.2, 0.25) is 11.0 Å². The van der Waals surface area contributed by atoms with Crippen LogP contribution in [0.4, 0.5) is 5.13 Å². The van der Waals surface area contributed by atoms with Gasteiger partial charge in [-0.15, -0.1) is 10.2 Å². The van der Waals surface area contributed by atoms with Crippen molar-refractivity contribution in [3.05, 3.63) is 34.8 Å². The summed E-state index contributed by atoms with van der Waals surface area (Å²) < 4.78 is 5.66. The highest BCUT2D eigenvalue weighted by Gasteiger charge is 2.26. The van der Waals surface area contributed by atoms with Crippen LogP contribution in [0.15, 0.2) is 24.3 Å². The van der Waals surface area contributed by atoms with E-state index in [0.717, 1.165) is 35.6 Å². The number of carbonyl (C=O) groups excluding carboxylic acids is 1. The quantitative estimate of drug-likeness (QED) is 0.920. The first-order valence-corrected chi connectivity index (χ1v) is 8.42. The van der Waals surface area contributed by atoms with E-state index in [1.807, 2.05) is 24.3 Å². The summed E-state index contributed by atoms with van der Waals surface area (Å²) in [6.07, 6.45) is 3.84. The fourth-order valence-electron chi connectivity index (χ4n) is 2.44. The third kappa shape index (κ3) is 3.44. The van der Waals surface area contributed by atoms with Gasteiger partial charge in [0.25, 0.3) is 0 Å². The van der Waals surface area contributed by atoms with Crippen molar-refractivity contribution in [3.63, 3.8) is 0 Å². The molecule has 0 bridgehead atoms. The van der Waals surface area contributed by atoms with Gasteiger partial charge in [-0.1, -0.05) is 42.9 Å². The van der Waals surface area contributed by atoms with Crippen molar-refractivity contribution in [2.24, 2.45) is 5.92 Å². The maximum Gasteiger partial charge on any atom is 0.233 e. The maximum absolute atomic E-state index is 12.3. The van der Waals surface area contributed by atoms with Crippen LogP contribution in [-0.4, -0.2) is 22.7 Å². The molecule has 1 atom stereocenters. The summed E-state index contributed by atoms with van der Waals surface area (Å²) in [6, 6.07) is 7.85. The van der Waals surface area contributed by atoms with Crippen molar-refractivity contribution in [2.45, 2.75) is 32.6 Å². The number of para-hydroxylation sites is 1. The molecule has 1 aliphatic heterocycles. The molecule has 0 saturated heterocycles. The van der Waals surface area contributed by atoms with Gasteiger partial charge in [0.15, 0.2) is 0 Å². The number of fused-ring (bicyclic) bond motifs is 1. The van der Waals surface area contributed by atoms with Crippen molar-refractivity contribution in [3.8, 4) is 5.75 Å². The van der Waals surface area contributed by atoms with Gasteiger partial charge in [-0.2, -0.15) is 0 Å². The lowest BCUT2D eigenvalue weighted by Gasteiger charge is -2.23. The predicted octanol–water partition coefficient (Wildman–Crippen LogP) is 3.07. The van der Waals surface area contributed by atoms with Crippen molar-refractivity contribution in [1.29, 1.82) is 0 Å². The van der Waals surface area contributed by atoms with Crippen LogP contribution in [-0.2, 0) is 17.6 Å². The van der Waals surface area contributed by atoms with Crippen LogP contribution in [0.2, 0.25) is 0 Å². The van der Waals surface area contributed by atoms with Crippen molar-refractivity contribution >= 4 is 22.4 Å². The first-order valence-electron chi connectivity index (χ1n) is 7.60. The van der Waals surface area contributed by atoms with Gasteiger partial charge in [0.1, 0.15) is 17.4 Å². The lowest BCUT2D eigenvalue weighted by molar-refractivity contribution is -0.121. The Kier molecular flexibility index (Phi) is 4.68. The molecule has 1 amide bonds. The predicted molar refractivity (Wildman–Crippen MR) is 86.3 cm³/mol. The Morgan fingerprint density at radius 3 is 3.14 bits per heavy atom. The van der Waals surface area contributed by atoms with E-state index in [-0.39, 0.29) is 11.8 Å². The number of benzene rings is 1. The van der Waals surface area contributed by atoms with Crippen molar-refractivity contribution < 1.29 is 9.53 Å². The monoisotopic (exact) mass is 317 g/mol. The topological polar surface area (TPSA) is 64.1 Å². The Morgan fingerprint density at radius 2 is 2.27 bits per heavy atom. The minimum atomic E-state index is -0.183. The van der Waals surface area contributed by atoms with E-state index in [1.165, 1.54) is 11.3 Å². The number of carbonyl (C=O) groups is 1. The average molecular weight is 317 g/mol. The fourth-order valence-corrected chi connectivity index (χ4v) is 3.22. The summed E-state index contributed by atoms with van der Waals surface area (Å²) in [7, 11) is 0. The molecule has 6 heteroatoms. The molecule has 1 N–H and O–H groups in total. The summed E-state index contributed by atoms with van der Waals surface area (Å²) in [6.45, 7) is 2.55. The van der Waals surface area contributed by atoms with Crippen LogP contribution >= 0.6 is 11.3 Å². The number of hydrogen-bond donors (Lipinski definition) is 1. The largest absolute Gasteiger partial charge is 0.492 e. The first kappa shape index (κ1) is 15.0. The number of rotatable bonds is 5. The Bertz CT molecular complexity index is 656. The number of anilines is 1. The summed E-state index contributed by atoms with van der Waals surface area (Å²) in [4.78, 5) is 12.3. The van der Waals surface area contributed by atoms with E-state index >= 15 is 0 Å². The van der Waals surface area contributed by atoms with Crippen LogP contribution in [0.25, 0.3) is 0 Å². The molecule has 0 spiro atoms. The van der Waals surface area contributed by atoms with Crippen LogP contribution in [0.5, 0.6) is 5.75 Å². The number of amides is 1. The Balaban J connectivity index is 1.60. The van der Waals surface area contributed by atoms with Crippen LogP contribution in [0, 0.1) is 5.92 Å².